The van der Waals surface area contributed by atoms with E-state index in [1.54, 1.807) is 6.07 Å². The van der Waals surface area contributed by atoms with Gasteiger partial charge in [0.15, 0.2) is 0 Å². The Kier molecular flexibility index (Phi) is 6.52. The number of hydrogen-bond acceptors (Lipinski definition) is 2. The van der Waals surface area contributed by atoms with Crippen molar-refractivity contribution >= 4 is 33.4 Å². The van der Waals surface area contributed by atoms with Gasteiger partial charge in [0.25, 0.3) is 5.91 Å². The molecule has 0 radical (unpaired) electrons. The van der Waals surface area contributed by atoms with Crippen molar-refractivity contribution < 1.29 is 4.79 Å². The number of carbonyl (C=O) groups is 1. The van der Waals surface area contributed by atoms with Crippen LogP contribution in [0.1, 0.15) is 43.0 Å². The summed E-state index contributed by atoms with van der Waals surface area (Å²) in [6.45, 7) is 5.53. The van der Waals surface area contributed by atoms with Crippen molar-refractivity contribution in [3.05, 3.63) is 33.3 Å². The molecule has 0 bridgehead atoms. The normalized spacial score (nSPS) is 16.9. The number of rotatable bonds is 5. The molecule has 1 N–H and O–H groups in total. The third kappa shape index (κ3) is 4.70. The van der Waals surface area contributed by atoms with E-state index in [0.29, 0.717) is 10.6 Å². The second kappa shape index (κ2) is 8.16. The van der Waals surface area contributed by atoms with E-state index in [0.717, 1.165) is 30.4 Å². The lowest BCUT2D eigenvalue weighted by Crippen LogP contribution is -2.44. The summed E-state index contributed by atoms with van der Waals surface area (Å²) in [5.74, 6) is -0.0756. The topological polar surface area (TPSA) is 32.3 Å². The van der Waals surface area contributed by atoms with Gasteiger partial charge >= 0.3 is 0 Å². The molecule has 21 heavy (non-hydrogen) atoms. The van der Waals surface area contributed by atoms with Crippen LogP contribution in [-0.2, 0) is 0 Å². The minimum atomic E-state index is -0.0756. The second-order valence-corrected chi connectivity index (χ2v) is 6.78. The van der Waals surface area contributed by atoms with Crippen LogP contribution >= 0.6 is 27.5 Å². The van der Waals surface area contributed by atoms with E-state index in [9.17, 15) is 4.79 Å². The maximum Gasteiger partial charge on any atom is 0.253 e. The Hall–Kier alpha value is -0.580. The SMILES string of the molecule is CCCCN1CCC(NC(=O)c2cccc(Br)c2Cl)CC1. The van der Waals surface area contributed by atoms with Crippen LogP contribution in [0.25, 0.3) is 0 Å². The molecular formula is C16H22BrClN2O. The molecule has 1 aromatic rings. The van der Waals surface area contributed by atoms with E-state index >= 15 is 0 Å². The molecule has 1 heterocycles. The minimum Gasteiger partial charge on any atom is -0.349 e. The number of hydrogen-bond donors (Lipinski definition) is 1. The van der Waals surface area contributed by atoms with Gasteiger partial charge in [-0.2, -0.15) is 0 Å². The molecule has 2 rings (SSSR count). The fourth-order valence-electron chi connectivity index (χ4n) is 2.62. The molecule has 1 aliphatic rings. The maximum atomic E-state index is 12.3. The number of amides is 1. The summed E-state index contributed by atoms with van der Waals surface area (Å²) in [4.78, 5) is 14.8. The van der Waals surface area contributed by atoms with Crippen molar-refractivity contribution in [2.24, 2.45) is 0 Å². The lowest BCUT2D eigenvalue weighted by Gasteiger charge is -2.32. The van der Waals surface area contributed by atoms with E-state index in [2.05, 4.69) is 33.1 Å². The van der Waals surface area contributed by atoms with Gasteiger partial charge in [0.05, 0.1) is 10.6 Å². The highest BCUT2D eigenvalue weighted by Gasteiger charge is 2.21. The van der Waals surface area contributed by atoms with Crippen molar-refractivity contribution in [2.45, 2.75) is 38.6 Å². The average Bonchev–Trinajstić information content (AvgIpc) is 2.49. The lowest BCUT2D eigenvalue weighted by molar-refractivity contribution is 0.0911. The van der Waals surface area contributed by atoms with E-state index in [-0.39, 0.29) is 11.9 Å². The van der Waals surface area contributed by atoms with Crippen LogP contribution in [0.15, 0.2) is 22.7 Å². The standard InChI is InChI=1S/C16H22BrClN2O/c1-2-3-9-20-10-7-12(8-11-20)19-16(21)13-5-4-6-14(17)15(13)18/h4-6,12H,2-3,7-11H2,1H3,(H,19,21). The molecule has 0 spiro atoms. The predicted octanol–water partition coefficient (Wildman–Crippen LogP) is 4.10. The molecule has 1 saturated heterocycles. The molecule has 1 fully saturated rings. The highest BCUT2D eigenvalue weighted by molar-refractivity contribution is 9.10. The third-order valence-corrected chi connectivity index (χ3v) is 5.24. The van der Waals surface area contributed by atoms with Gasteiger partial charge in [-0.15, -0.1) is 0 Å². The third-order valence-electron chi connectivity index (χ3n) is 3.95. The second-order valence-electron chi connectivity index (χ2n) is 5.54. The van der Waals surface area contributed by atoms with Crippen molar-refractivity contribution in [3.63, 3.8) is 0 Å². The number of benzene rings is 1. The largest absolute Gasteiger partial charge is 0.349 e. The number of likely N-dealkylation sites (tertiary alicyclic amines) is 1. The first-order valence-electron chi connectivity index (χ1n) is 7.59. The fourth-order valence-corrected chi connectivity index (χ4v) is 3.20. The molecule has 1 amide bonds. The lowest BCUT2D eigenvalue weighted by atomic mass is 10.0. The summed E-state index contributed by atoms with van der Waals surface area (Å²) in [5, 5.41) is 3.59. The average molecular weight is 374 g/mol. The summed E-state index contributed by atoms with van der Waals surface area (Å²) in [6, 6.07) is 5.69. The molecule has 0 aliphatic carbocycles. The Bertz CT molecular complexity index is 487. The summed E-state index contributed by atoms with van der Waals surface area (Å²) in [6.07, 6.45) is 4.52. The summed E-state index contributed by atoms with van der Waals surface area (Å²) in [7, 11) is 0. The number of nitrogens with zero attached hydrogens (tertiary/aromatic N) is 1. The highest BCUT2D eigenvalue weighted by atomic mass is 79.9. The van der Waals surface area contributed by atoms with E-state index in [1.165, 1.54) is 19.4 Å². The quantitative estimate of drug-likeness (QED) is 0.843. The number of nitrogens with one attached hydrogen (secondary N) is 1. The summed E-state index contributed by atoms with van der Waals surface area (Å²) >= 11 is 9.52. The molecule has 3 nitrogen and oxygen atoms in total. The Morgan fingerprint density at radius 3 is 2.81 bits per heavy atom. The zero-order valence-electron chi connectivity index (χ0n) is 12.4. The van der Waals surface area contributed by atoms with Gasteiger partial charge in [-0.1, -0.05) is 31.0 Å². The van der Waals surface area contributed by atoms with Crippen molar-refractivity contribution in [1.82, 2.24) is 10.2 Å². The Morgan fingerprint density at radius 1 is 1.43 bits per heavy atom. The smallest absolute Gasteiger partial charge is 0.253 e. The highest BCUT2D eigenvalue weighted by Crippen LogP contribution is 2.26. The predicted molar refractivity (Wildman–Crippen MR) is 91.0 cm³/mol. The molecule has 1 aliphatic heterocycles. The number of unbranched alkanes of at least 4 members (excludes halogenated alkanes) is 1. The number of halogens is 2. The van der Waals surface area contributed by atoms with Gasteiger partial charge in [-0.3, -0.25) is 4.79 Å². The van der Waals surface area contributed by atoms with Gasteiger partial charge < -0.3 is 10.2 Å². The van der Waals surface area contributed by atoms with E-state index < -0.39 is 0 Å². The van der Waals surface area contributed by atoms with Gasteiger partial charge in [-0.25, -0.2) is 0 Å². The van der Waals surface area contributed by atoms with Gasteiger partial charge in [-0.05, 0) is 53.9 Å². The van der Waals surface area contributed by atoms with Crippen LogP contribution in [0.2, 0.25) is 5.02 Å². The van der Waals surface area contributed by atoms with Gasteiger partial charge in [0.1, 0.15) is 0 Å². The van der Waals surface area contributed by atoms with Crippen LogP contribution in [0.5, 0.6) is 0 Å². The van der Waals surface area contributed by atoms with Crippen molar-refractivity contribution in [2.75, 3.05) is 19.6 Å². The number of carbonyl (C=O) groups excluding carboxylic acids is 1. The Balaban J connectivity index is 1.86. The monoisotopic (exact) mass is 372 g/mol. The van der Waals surface area contributed by atoms with Crippen molar-refractivity contribution in [3.8, 4) is 0 Å². The van der Waals surface area contributed by atoms with Gasteiger partial charge in [0.2, 0.25) is 0 Å². The molecule has 1 aromatic carbocycles. The Labute approximate surface area is 140 Å². The van der Waals surface area contributed by atoms with E-state index in [4.69, 9.17) is 11.6 Å². The number of piperidine rings is 1. The van der Waals surface area contributed by atoms with Crippen LogP contribution < -0.4 is 5.32 Å². The minimum absolute atomic E-state index is 0.0756. The molecule has 116 valence electrons. The van der Waals surface area contributed by atoms with Crippen LogP contribution in [0.3, 0.4) is 0 Å². The van der Waals surface area contributed by atoms with Crippen LogP contribution in [0, 0.1) is 0 Å². The first-order valence-corrected chi connectivity index (χ1v) is 8.76. The van der Waals surface area contributed by atoms with Crippen LogP contribution in [-0.4, -0.2) is 36.5 Å². The molecular weight excluding hydrogens is 352 g/mol. The molecule has 0 saturated carbocycles. The first kappa shape index (κ1) is 16.8. The van der Waals surface area contributed by atoms with E-state index in [1.807, 2.05) is 12.1 Å². The van der Waals surface area contributed by atoms with Gasteiger partial charge in [0, 0.05) is 23.6 Å². The van der Waals surface area contributed by atoms with Crippen molar-refractivity contribution in [1.29, 1.82) is 0 Å². The zero-order valence-corrected chi connectivity index (χ0v) is 14.7. The maximum absolute atomic E-state index is 12.3. The molecule has 0 atom stereocenters. The van der Waals surface area contributed by atoms with Crippen LogP contribution in [0.4, 0.5) is 0 Å². The summed E-state index contributed by atoms with van der Waals surface area (Å²) in [5.41, 5.74) is 0.541. The first-order chi connectivity index (χ1) is 10.1. The summed E-state index contributed by atoms with van der Waals surface area (Å²) < 4.78 is 0.756. The molecule has 0 aromatic heterocycles. The molecule has 5 heteroatoms. The zero-order chi connectivity index (χ0) is 15.2. The fraction of sp³-hybridized carbons (Fsp3) is 0.562. The Morgan fingerprint density at radius 2 is 2.14 bits per heavy atom. The molecule has 0 unspecified atom stereocenters.